The summed E-state index contributed by atoms with van der Waals surface area (Å²) in [6, 6.07) is 18.7. The first-order valence-corrected chi connectivity index (χ1v) is 10.1. The van der Waals surface area contributed by atoms with E-state index >= 15 is 0 Å². The van der Waals surface area contributed by atoms with Crippen molar-refractivity contribution < 1.29 is 14.7 Å². The number of fused-ring (bicyclic) bond motifs is 1. The Balaban J connectivity index is 1.34. The molecule has 1 fully saturated rings. The van der Waals surface area contributed by atoms with E-state index in [0.717, 1.165) is 16.6 Å². The summed E-state index contributed by atoms with van der Waals surface area (Å²) in [6.07, 6.45) is 0. The lowest BCUT2D eigenvalue weighted by Gasteiger charge is -2.34. The van der Waals surface area contributed by atoms with Crippen LogP contribution in [0.15, 0.2) is 60.7 Å². The molecule has 1 heterocycles. The minimum absolute atomic E-state index is 0.0259. The van der Waals surface area contributed by atoms with E-state index in [-0.39, 0.29) is 24.1 Å². The lowest BCUT2D eigenvalue weighted by atomic mass is 10.0. The first kappa shape index (κ1) is 19.9. The van der Waals surface area contributed by atoms with Crippen LogP contribution in [0.4, 0.5) is 5.69 Å². The molecule has 0 saturated carbocycles. The molecule has 1 saturated heterocycles. The third-order valence-electron chi connectivity index (χ3n) is 5.49. The molecule has 0 spiro atoms. The maximum Gasteiger partial charge on any atom is 0.257 e. The average molecular weight is 403 g/mol. The van der Waals surface area contributed by atoms with Crippen LogP contribution in [-0.2, 0) is 4.79 Å². The van der Waals surface area contributed by atoms with E-state index in [1.54, 1.807) is 11.0 Å². The Kier molecular flexibility index (Phi) is 5.68. The molecule has 3 aromatic rings. The fraction of sp³-hybridized carbons (Fsp3) is 0.250. The van der Waals surface area contributed by atoms with Gasteiger partial charge in [-0.3, -0.25) is 14.5 Å². The van der Waals surface area contributed by atoms with Gasteiger partial charge >= 0.3 is 0 Å². The van der Waals surface area contributed by atoms with E-state index in [9.17, 15) is 14.7 Å². The molecule has 0 bridgehead atoms. The first-order chi connectivity index (χ1) is 14.5. The summed E-state index contributed by atoms with van der Waals surface area (Å²) in [7, 11) is 0. The second-order valence-corrected chi connectivity index (χ2v) is 7.67. The highest BCUT2D eigenvalue weighted by atomic mass is 16.3. The van der Waals surface area contributed by atoms with Gasteiger partial charge in [-0.25, -0.2) is 0 Å². The number of benzene rings is 3. The van der Waals surface area contributed by atoms with Gasteiger partial charge in [0.2, 0.25) is 5.91 Å². The van der Waals surface area contributed by atoms with Gasteiger partial charge < -0.3 is 15.3 Å². The van der Waals surface area contributed by atoms with Crippen molar-refractivity contribution in [2.75, 3.05) is 38.0 Å². The summed E-state index contributed by atoms with van der Waals surface area (Å²) in [6.45, 7) is 4.55. The van der Waals surface area contributed by atoms with E-state index in [1.165, 1.54) is 0 Å². The van der Waals surface area contributed by atoms with Gasteiger partial charge in [-0.15, -0.1) is 0 Å². The molecular weight excluding hydrogens is 378 g/mol. The number of anilines is 1. The van der Waals surface area contributed by atoms with Crippen LogP contribution in [0.5, 0.6) is 5.75 Å². The molecule has 0 atom stereocenters. The second-order valence-electron chi connectivity index (χ2n) is 7.67. The number of aryl methyl sites for hydroxylation is 1. The minimum Gasteiger partial charge on any atom is -0.506 e. The van der Waals surface area contributed by atoms with E-state index in [1.807, 2.05) is 66.4 Å². The van der Waals surface area contributed by atoms with Crippen molar-refractivity contribution in [1.82, 2.24) is 9.80 Å². The number of aromatic hydroxyl groups is 1. The van der Waals surface area contributed by atoms with Crippen LogP contribution >= 0.6 is 0 Å². The molecule has 0 aromatic heterocycles. The predicted molar refractivity (Wildman–Crippen MR) is 118 cm³/mol. The number of rotatable bonds is 4. The predicted octanol–water partition coefficient (Wildman–Crippen LogP) is 3.25. The molecule has 30 heavy (non-hydrogen) atoms. The molecule has 1 aliphatic rings. The number of phenols is 1. The fourth-order valence-electron chi connectivity index (χ4n) is 3.75. The Labute approximate surface area is 175 Å². The van der Waals surface area contributed by atoms with Crippen LogP contribution in [-0.4, -0.2) is 59.4 Å². The van der Waals surface area contributed by atoms with E-state index in [4.69, 9.17) is 0 Å². The van der Waals surface area contributed by atoms with Crippen LogP contribution in [0.25, 0.3) is 10.8 Å². The number of hydrogen-bond donors (Lipinski definition) is 2. The highest BCUT2D eigenvalue weighted by Crippen LogP contribution is 2.29. The molecule has 6 heteroatoms. The van der Waals surface area contributed by atoms with Crippen LogP contribution in [0.3, 0.4) is 0 Å². The number of carbonyl (C=O) groups excluding carboxylic acids is 2. The highest BCUT2D eigenvalue weighted by molar-refractivity contribution is 6.03. The summed E-state index contributed by atoms with van der Waals surface area (Å²) in [5, 5.41) is 15.0. The molecular formula is C24H25N3O3. The zero-order chi connectivity index (χ0) is 21.1. The standard InChI is InChI=1S/C24H25N3O3/c1-17-6-9-19(10-7-17)25-22(28)16-26-12-14-27(15-13-26)24(30)21-11-8-18-4-2-3-5-20(18)23(21)29/h2-11,29H,12-16H2,1H3,(H,25,28). The quantitative estimate of drug-likeness (QED) is 0.701. The normalized spacial score (nSPS) is 14.6. The van der Waals surface area contributed by atoms with Crippen molar-refractivity contribution in [2.24, 2.45) is 0 Å². The largest absolute Gasteiger partial charge is 0.506 e. The monoisotopic (exact) mass is 403 g/mol. The van der Waals surface area contributed by atoms with E-state index in [2.05, 4.69) is 5.32 Å². The number of hydrogen-bond acceptors (Lipinski definition) is 4. The maximum absolute atomic E-state index is 12.9. The van der Waals surface area contributed by atoms with Gasteiger partial charge in [0.1, 0.15) is 5.75 Å². The number of phenolic OH excluding ortho intramolecular Hbond substituents is 1. The minimum atomic E-state index is -0.179. The molecule has 6 nitrogen and oxygen atoms in total. The van der Waals surface area contributed by atoms with Crippen LogP contribution in [0, 0.1) is 6.92 Å². The number of carbonyl (C=O) groups is 2. The number of piperazine rings is 1. The molecule has 0 unspecified atom stereocenters. The SMILES string of the molecule is Cc1ccc(NC(=O)CN2CCN(C(=O)c3ccc4ccccc4c3O)CC2)cc1. The molecule has 2 N–H and O–H groups in total. The van der Waals surface area contributed by atoms with E-state index < -0.39 is 0 Å². The zero-order valence-corrected chi connectivity index (χ0v) is 17.0. The van der Waals surface area contributed by atoms with Gasteiger partial charge in [0.05, 0.1) is 12.1 Å². The third kappa shape index (κ3) is 4.28. The van der Waals surface area contributed by atoms with Crippen LogP contribution in [0.1, 0.15) is 15.9 Å². The zero-order valence-electron chi connectivity index (χ0n) is 17.0. The first-order valence-electron chi connectivity index (χ1n) is 10.1. The Morgan fingerprint density at radius 2 is 1.63 bits per heavy atom. The van der Waals surface area contributed by atoms with Crippen molar-refractivity contribution in [1.29, 1.82) is 0 Å². The molecule has 0 radical (unpaired) electrons. The molecule has 2 amide bonds. The van der Waals surface area contributed by atoms with Crippen molar-refractivity contribution in [3.63, 3.8) is 0 Å². The summed E-state index contributed by atoms with van der Waals surface area (Å²) in [5.74, 6) is -0.217. The van der Waals surface area contributed by atoms with Crippen molar-refractivity contribution in [2.45, 2.75) is 6.92 Å². The molecule has 0 aliphatic carbocycles. The van der Waals surface area contributed by atoms with Gasteiger partial charge in [-0.1, -0.05) is 48.0 Å². The van der Waals surface area contributed by atoms with Gasteiger partial charge in [0, 0.05) is 37.3 Å². The van der Waals surface area contributed by atoms with Gasteiger partial charge in [-0.2, -0.15) is 0 Å². The lowest BCUT2D eigenvalue weighted by Crippen LogP contribution is -2.50. The fourth-order valence-corrected chi connectivity index (χ4v) is 3.75. The number of amides is 2. The van der Waals surface area contributed by atoms with Gasteiger partial charge in [0.15, 0.2) is 0 Å². The summed E-state index contributed by atoms with van der Waals surface area (Å²) in [5.41, 5.74) is 2.25. The number of nitrogens with zero attached hydrogens (tertiary/aromatic N) is 2. The summed E-state index contributed by atoms with van der Waals surface area (Å²) < 4.78 is 0. The molecule has 3 aromatic carbocycles. The highest BCUT2D eigenvalue weighted by Gasteiger charge is 2.25. The summed E-state index contributed by atoms with van der Waals surface area (Å²) >= 11 is 0. The van der Waals surface area contributed by atoms with Crippen molar-refractivity contribution in [3.8, 4) is 5.75 Å². The Hall–Kier alpha value is -3.38. The molecule has 4 rings (SSSR count). The lowest BCUT2D eigenvalue weighted by molar-refractivity contribution is -0.117. The third-order valence-corrected chi connectivity index (χ3v) is 5.49. The maximum atomic E-state index is 12.9. The smallest absolute Gasteiger partial charge is 0.257 e. The van der Waals surface area contributed by atoms with Crippen molar-refractivity contribution >= 4 is 28.3 Å². The van der Waals surface area contributed by atoms with Crippen molar-refractivity contribution in [3.05, 3.63) is 71.8 Å². The second kappa shape index (κ2) is 8.55. The van der Waals surface area contributed by atoms with Gasteiger partial charge in [0.25, 0.3) is 5.91 Å². The Bertz CT molecular complexity index is 1070. The molecule has 154 valence electrons. The molecule has 1 aliphatic heterocycles. The topological polar surface area (TPSA) is 72.9 Å². The number of nitrogens with one attached hydrogen (secondary N) is 1. The van der Waals surface area contributed by atoms with Crippen LogP contribution in [0.2, 0.25) is 0 Å². The Morgan fingerprint density at radius 3 is 2.37 bits per heavy atom. The Morgan fingerprint density at radius 1 is 0.933 bits per heavy atom. The van der Waals surface area contributed by atoms with Gasteiger partial charge in [-0.05, 0) is 30.5 Å². The van der Waals surface area contributed by atoms with E-state index in [0.29, 0.717) is 37.1 Å². The summed E-state index contributed by atoms with van der Waals surface area (Å²) in [4.78, 5) is 29.0. The average Bonchev–Trinajstić information content (AvgIpc) is 2.76. The van der Waals surface area contributed by atoms with Crippen LogP contribution < -0.4 is 5.32 Å².